The van der Waals surface area contributed by atoms with Crippen molar-refractivity contribution in [2.75, 3.05) is 39.6 Å². The first-order chi connectivity index (χ1) is 23.6. The molecule has 0 saturated heterocycles. The van der Waals surface area contributed by atoms with E-state index in [2.05, 4.69) is 92.1 Å². The summed E-state index contributed by atoms with van der Waals surface area (Å²) in [5, 5.41) is 18.2. The summed E-state index contributed by atoms with van der Waals surface area (Å²) in [5.41, 5.74) is 7.56. The number of aliphatic hydroxyl groups is 2. The average Bonchev–Trinajstić information content (AvgIpc) is 3.12. The molecule has 0 bridgehead atoms. The van der Waals surface area contributed by atoms with Crippen molar-refractivity contribution >= 4 is 0 Å². The third-order valence-electron chi connectivity index (χ3n) is 8.12. The van der Waals surface area contributed by atoms with Crippen LogP contribution in [0.5, 0.6) is 0 Å². The fourth-order valence-electron chi connectivity index (χ4n) is 5.19. The molecule has 0 aliphatic rings. The molecular weight excluding hydrogens is 596 g/mol. The quantitative estimate of drug-likeness (QED) is 0.0850. The van der Waals surface area contributed by atoms with Crippen molar-refractivity contribution in [3.8, 4) is 23.7 Å². The lowest BCUT2D eigenvalue weighted by atomic mass is 10.0. The van der Waals surface area contributed by atoms with Gasteiger partial charge in [0, 0.05) is 22.3 Å². The summed E-state index contributed by atoms with van der Waals surface area (Å²) in [6, 6.07) is 23.4. The third kappa shape index (κ3) is 16.6. The van der Waals surface area contributed by atoms with Crippen LogP contribution in [0.1, 0.15) is 111 Å². The number of aryl methyl sites for hydroxylation is 2. The van der Waals surface area contributed by atoms with Gasteiger partial charge in [-0.15, -0.1) is 0 Å². The van der Waals surface area contributed by atoms with Gasteiger partial charge in [-0.2, -0.15) is 0 Å². The maximum atomic E-state index is 9.33. The Labute approximate surface area is 290 Å². The van der Waals surface area contributed by atoms with Crippen molar-refractivity contribution in [1.82, 2.24) is 0 Å². The van der Waals surface area contributed by atoms with Crippen LogP contribution in [0.15, 0.2) is 66.7 Å². The van der Waals surface area contributed by atoms with Crippen molar-refractivity contribution in [2.24, 2.45) is 0 Å². The highest BCUT2D eigenvalue weighted by Crippen LogP contribution is 2.15. The predicted octanol–water partition coefficient (Wildman–Crippen LogP) is 8.02. The largest absolute Gasteiger partial charge is 0.394 e. The van der Waals surface area contributed by atoms with Gasteiger partial charge in [0.05, 0.1) is 46.2 Å². The zero-order chi connectivity index (χ0) is 34.1. The van der Waals surface area contributed by atoms with E-state index < -0.39 is 6.10 Å². The molecule has 0 aromatic heterocycles. The van der Waals surface area contributed by atoms with Gasteiger partial charge in [0.25, 0.3) is 0 Å². The number of ether oxygens (including phenoxy) is 3. The number of unbranched alkanes of at least 4 members (excludes halogenated alkanes) is 7. The summed E-state index contributed by atoms with van der Waals surface area (Å²) in [5.74, 6) is 13.4. The number of hydrogen-bond acceptors (Lipinski definition) is 5. The van der Waals surface area contributed by atoms with Crippen molar-refractivity contribution in [2.45, 2.75) is 97.2 Å². The number of aliphatic hydroxyl groups excluding tert-OH is 2. The highest BCUT2D eigenvalue weighted by Gasteiger charge is 2.04. The van der Waals surface area contributed by atoms with Gasteiger partial charge in [0.15, 0.2) is 0 Å². The Hall–Kier alpha value is -3.42. The molecule has 1 unspecified atom stereocenters. The fourth-order valence-corrected chi connectivity index (χ4v) is 5.19. The zero-order valence-corrected chi connectivity index (χ0v) is 29.3. The second-order valence-corrected chi connectivity index (χ2v) is 12.3. The summed E-state index contributed by atoms with van der Waals surface area (Å²) >= 11 is 0. The molecule has 3 rings (SSSR count). The molecule has 0 aliphatic carbocycles. The Morgan fingerprint density at radius 2 is 1.06 bits per heavy atom. The van der Waals surface area contributed by atoms with Crippen molar-refractivity contribution in [1.29, 1.82) is 0 Å². The van der Waals surface area contributed by atoms with Crippen LogP contribution in [0.2, 0.25) is 0 Å². The van der Waals surface area contributed by atoms with E-state index >= 15 is 0 Å². The van der Waals surface area contributed by atoms with Crippen LogP contribution in [0.3, 0.4) is 0 Å². The molecule has 2 N–H and O–H groups in total. The van der Waals surface area contributed by atoms with Crippen molar-refractivity contribution in [3.63, 3.8) is 0 Å². The van der Waals surface area contributed by atoms with Crippen LogP contribution in [-0.2, 0) is 33.7 Å². The maximum absolute atomic E-state index is 9.33. The minimum atomic E-state index is -0.860. The van der Waals surface area contributed by atoms with Gasteiger partial charge in [-0.25, -0.2) is 0 Å². The van der Waals surface area contributed by atoms with Gasteiger partial charge in [0.1, 0.15) is 6.10 Å². The molecule has 3 aromatic carbocycles. The second kappa shape index (κ2) is 24.7. The van der Waals surface area contributed by atoms with Gasteiger partial charge in [-0.1, -0.05) is 107 Å². The average molecular weight is 653 g/mol. The summed E-state index contributed by atoms with van der Waals surface area (Å²) in [4.78, 5) is 0. The molecular formula is C43H56O5. The van der Waals surface area contributed by atoms with Gasteiger partial charge < -0.3 is 24.4 Å². The Kier molecular flexibility index (Phi) is 20.1. The van der Waals surface area contributed by atoms with Crippen LogP contribution in [0.25, 0.3) is 0 Å². The fraction of sp³-hybridized carbons (Fsp3) is 0.488. The first-order valence-electron chi connectivity index (χ1n) is 18.0. The van der Waals surface area contributed by atoms with E-state index in [1.54, 1.807) is 0 Å². The Morgan fingerprint density at radius 3 is 1.71 bits per heavy atom. The second-order valence-electron chi connectivity index (χ2n) is 12.3. The minimum Gasteiger partial charge on any atom is -0.394 e. The van der Waals surface area contributed by atoms with E-state index in [-0.39, 0.29) is 13.2 Å². The molecule has 0 spiro atoms. The molecule has 0 heterocycles. The normalized spacial score (nSPS) is 11.4. The maximum Gasteiger partial charge on any atom is 0.100 e. The summed E-state index contributed by atoms with van der Waals surface area (Å²) in [6.45, 7) is 6.24. The molecule has 0 radical (unpaired) electrons. The number of benzene rings is 3. The van der Waals surface area contributed by atoms with E-state index in [9.17, 15) is 5.11 Å². The number of hydrogen-bond donors (Lipinski definition) is 2. The lowest BCUT2D eigenvalue weighted by Crippen LogP contribution is -2.21. The molecule has 5 heteroatoms. The lowest BCUT2D eigenvalue weighted by Gasteiger charge is -2.10. The van der Waals surface area contributed by atoms with E-state index in [0.717, 1.165) is 40.7 Å². The summed E-state index contributed by atoms with van der Waals surface area (Å²) in [7, 11) is 0. The molecule has 1 atom stereocenters. The topological polar surface area (TPSA) is 68.2 Å². The van der Waals surface area contributed by atoms with Gasteiger partial charge in [-0.05, 0) is 84.8 Å². The summed E-state index contributed by atoms with van der Waals surface area (Å²) in [6.07, 6.45) is 13.0. The van der Waals surface area contributed by atoms with Gasteiger partial charge in [-0.3, -0.25) is 0 Å². The van der Waals surface area contributed by atoms with E-state index in [1.807, 2.05) is 12.1 Å². The zero-order valence-electron chi connectivity index (χ0n) is 29.3. The predicted molar refractivity (Wildman–Crippen MR) is 196 cm³/mol. The molecule has 0 aliphatic heterocycles. The first kappa shape index (κ1) is 39.0. The van der Waals surface area contributed by atoms with Crippen LogP contribution < -0.4 is 0 Å². The van der Waals surface area contributed by atoms with Gasteiger partial charge >= 0.3 is 0 Å². The SMILES string of the molecule is CCCCCCCCc1ccc(C#Cc2ccc(C#Cc3ccc(CCCCC)cc3)c(COCCOCCOCC(O)CO)c2)cc1. The Bertz CT molecular complexity index is 1410. The summed E-state index contributed by atoms with van der Waals surface area (Å²) < 4.78 is 16.8. The van der Waals surface area contributed by atoms with Crippen molar-refractivity contribution < 1.29 is 24.4 Å². The third-order valence-corrected chi connectivity index (χ3v) is 8.12. The molecule has 0 fully saturated rings. The lowest BCUT2D eigenvalue weighted by molar-refractivity contribution is -0.0239. The van der Waals surface area contributed by atoms with E-state index in [1.165, 1.54) is 68.9 Å². The molecule has 258 valence electrons. The van der Waals surface area contributed by atoms with Gasteiger partial charge in [0.2, 0.25) is 0 Å². The number of rotatable bonds is 22. The smallest absolute Gasteiger partial charge is 0.100 e. The minimum absolute atomic E-state index is 0.0903. The Morgan fingerprint density at radius 1 is 0.562 bits per heavy atom. The van der Waals surface area contributed by atoms with E-state index in [4.69, 9.17) is 19.3 Å². The molecule has 48 heavy (non-hydrogen) atoms. The highest BCUT2D eigenvalue weighted by molar-refractivity contribution is 5.52. The molecule has 3 aromatic rings. The highest BCUT2D eigenvalue weighted by atomic mass is 16.5. The first-order valence-corrected chi connectivity index (χ1v) is 18.0. The standard InChI is InChI=1S/C43H56O5/c1-3-5-7-8-9-11-13-37-14-18-38(19-15-37)22-23-40-25-27-41(26-24-39-20-16-36(17-21-39)12-10-6-4-2)42(32-40)34-47-30-28-46-29-31-48-35-43(45)33-44/h14-21,25,27,32,43-45H,3-13,28-31,33-35H2,1-2H3. The van der Waals surface area contributed by atoms with Crippen LogP contribution in [0, 0.1) is 23.7 Å². The van der Waals surface area contributed by atoms with E-state index in [0.29, 0.717) is 33.0 Å². The molecule has 0 saturated carbocycles. The van der Waals surface area contributed by atoms with Crippen molar-refractivity contribution in [3.05, 3.63) is 106 Å². The molecule has 0 amide bonds. The monoisotopic (exact) mass is 652 g/mol. The Balaban J connectivity index is 1.60. The van der Waals surface area contributed by atoms with Crippen LogP contribution >= 0.6 is 0 Å². The molecule has 5 nitrogen and oxygen atoms in total. The van der Waals surface area contributed by atoms with Crippen LogP contribution in [0.4, 0.5) is 0 Å². The van der Waals surface area contributed by atoms with Crippen LogP contribution in [-0.4, -0.2) is 56.0 Å².